The maximum atomic E-state index is 11.0. The van der Waals surface area contributed by atoms with Crippen molar-refractivity contribution in [2.24, 2.45) is 0 Å². The number of aryl methyl sites for hydroxylation is 1. The lowest BCUT2D eigenvalue weighted by atomic mass is 10.1. The Morgan fingerprint density at radius 1 is 1.16 bits per heavy atom. The second-order valence-corrected chi connectivity index (χ2v) is 6.75. The summed E-state index contributed by atoms with van der Waals surface area (Å²) in [5.41, 5.74) is 4.96. The molecule has 0 saturated carbocycles. The number of aliphatic hydroxyl groups excluding tert-OH is 1. The zero-order chi connectivity index (χ0) is 21.6. The molecule has 31 heavy (non-hydrogen) atoms. The molecule has 0 spiro atoms. The van der Waals surface area contributed by atoms with E-state index in [0.717, 1.165) is 28.8 Å². The van der Waals surface area contributed by atoms with E-state index < -0.39 is 0 Å². The topological polar surface area (TPSA) is 88.8 Å². The molecule has 0 unspecified atom stereocenters. The van der Waals surface area contributed by atoms with E-state index >= 15 is 0 Å². The third-order valence-corrected chi connectivity index (χ3v) is 4.75. The van der Waals surface area contributed by atoms with Crippen molar-refractivity contribution in [1.29, 1.82) is 0 Å². The van der Waals surface area contributed by atoms with Gasteiger partial charge < -0.3 is 15.2 Å². The summed E-state index contributed by atoms with van der Waals surface area (Å²) in [7, 11) is 0. The van der Waals surface area contributed by atoms with Crippen LogP contribution in [0.25, 0.3) is 16.9 Å². The molecule has 7 heteroatoms. The quantitative estimate of drug-likeness (QED) is 0.371. The minimum atomic E-state index is -0.175. The maximum absolute atomic E-state index is 11.0. The second-order valence-electron chi connectivity index (χ2n) is 6.75. The number of imidazole rings is 1. The van der Waals surface area contributed by atoms with Crippen molar-refractivity contribution in [1.82, 2.24) is 14.4 Å². The fourth-order valence-electron chi connectivity index (χ4n) is 3.19. The van der Waals surface area contributed by atoms with Crippen LogP contribution in [0.2, 0.25) is 0 Å². The summed E-state index contributed by atoms with van der Waals surface area (Å²) < 4.78 is 7.49. The number of ether oxygens (including phenoxy) is 1. The summed E-state index contributed by atoms with van der Waals surface area (Å²) in [5.74, 6) is 6.58. The lowest BCUT2D eigenvalue weighted by molar-refractivity contribution is 0.112. The Kier molecular flexibility index (Phi) is 5.92. The van der Waals surface area contributed by atoms with E-state index in [2.05, 4.69) is 27.1 Å². The van der Waals surface area contributed by atoms with Gasteiger partial charge in [0.25, 0.3) is 0 Å². The maximum Gasteiger partial charge on any atom is 0.180 e. The van der Waals surface area contributed by atoms with Gasteiger partial charge in [-0.3, -0.25) is 9.20 Å². The van der Waals surface area contributed by atoms with Crippen molar-refractivity contribution in [3.8, 4) is 28.8 Å². The standard InChI is InChI=1S/C24H20N4O3/c1-17-14-20(7-4-19(17)16-30)27-23-24-26-15-22(28(24)11-10-25-23)18-5-8-21(9-6-18)31-13-3-2-12-29/h4-11,14-16,29H,12-13H2,1H3,(H,25,27). The molecule has 0 amide bonds. The largest absolute Gasteiger partial charge is 0.481 e. The van der Waals surface area contributed by atoms with Crippen LogP contribution in [-0.2, 0) is 0 Å². The van der Waals surface area contributed by atoms with E-state index in [0.29, 0.717) is 22.8 Å². The highest BCUT2D eigenvalue weighted by molar-refractivity contribution is 5.80. The third kappa shape index (κ3) is 4.39. The smallest absolute Gasteiger partial charge is 0.180 e. The Morgan fingerprint density at radius 3 is 2.74 bits per heavy atom. The van der Waals surface area contributed by atoms with Gasteiger partial charge in [0.15, 0.2) is 11.5 Å². The van der Waals surface area contributed by atoms with E-state index in [1.165, 1.54) is 0 Å². The lowest BCUT2D eigenvalue weighted by Gasteiger charge is -2.09. The Morgan fingerprint density at radius 2 is 2.00 bits per heavy atom. The molecule has 0 bridgehead atoms. The predicted octanol–water partition coefficient (Wildman–Crippen LogP) is 3.64. The van der Waals surface area contributed by atoms with Gasteiger partial charge in [-0.15, -0.1) is 0 Å². The van der Waals surface area contributed by atoms with Crippen molar-refractivity contribution >= 4 is 23.4 Å². The van der Waals surface area contributed by atoms with Crippen LogP contribution < -0.4 is 10.1 Å². The summed E-state index contributed by atoms with van der Waals surface area (Å²) in [6, 6.07) is 13.2. The van der Waals surface area contributed by atoms with E-state index in [1.807, 2.05) is 53.9 Å². The summed E-state index contributed by atoms with van der Waals surface area (Å²) in [4.78, 5) is 20.0. The van der Waals surface area contributed by atoms with E-state index in [4.69, 9.17) is 9.84 Å². The highest BCUT2D eigenvalue weighted by Gasteiger charge is 2.11. The Labute approximate surface area is 179 Å². The number of aldehydes is 1. The average Bonchev–Trinajstić information content (AvgIpc) is 3.23. The van der Waals surface area contributed by atoms with Crippen LogP contribution in [0.3, 0.4) is 0 Å². The molecular weight excluding hydrogens is 392 g/mol. The van der Waals surface area contributed by atoms with Crippen LogP contribution in [0.4, 0.5) is 11.5 Å². The second kappa shape index (κ2) is 9.11. The molecule has 0 saturated heterocycles. The number of aromatic nitrogens is 3. The molecule has 2 aromatic heterocycles. The molecule has 0 atom stereocenters. The number of aliphatic hydroxyl groups is 1. The summed E-state index contributed by atoms with van der Waals surface area (Å²) in [6.07, 6.45) is 6.21. The summed E-state index contributed by atoms with van der Waals surface area (Å²) in [5, 5.41) is 12.0. The van der Waals surface area contributed by atoms with E-state index in [1.54, 1.807) is 18.5 Å². The minimum absolute atomic E-state index is 0.175. The SMILES string of the molecule is Cc1cc(Nc2nccn3c(-c4ccc(OCC#CCO)cc4)cnc23)ccc1C=O. The molecule has 0 aliphatic rings. The zero-order valence-electron chi connectivity index (χ0n) is 16.9. The molecular formula is C24H20N4O3. The molecule has 0 aliphatic carbocycles. The molecule has 0 fully saturated rings. The Bertz CT molecular complexity index is 1280. The normalized spacial score (nSPS) is 10.4. The first-order valence-corrected chi connectivity index (χ1v) is 9.64. The van der Waals surface area contributed by atoms with Crippen LogP contribution in [0.1, 0.15) is 15.9 Å². The molecule has 4 rings (SSSR count). The van der Waals surface area contributed by atoms with Gasteiger partial charge in [0.05, 0.1) is 11.9 Å². The minimum Gasteiger partial charge on any atom is -0.481 e. The number of nitrogens with zero attached hydrogens (tertiary/aromatic N) is 3. The molecule has 2 aromatic carbocycles. The van der Waals surface area contributed by atoms with Crippen LogP contribution in [0, 0.1) is 18.8 Å². The van der Waals surface area contributed by atoms with Gasteiger partial charge >= 0.3 is 0 Å². The van der Waals surface area contributed by atoms with Crippen molar-refractivity contribution in [2.45, 2.75) is 6.92 Å². The third-order valence-electron chi connectivity index (χ3n) is 4.75. The van der Waals surface area contributed by atoms with Crippen LogP contribution in [-0.4, -0.2) is 39.0 Å². The van der Waals surface area contributed by atoms with Crippen LogP contribution in [0.15, 0.2) is 61.1 Å². The molecule has 154 valence electrons. The van der Waals surface area contributed by atoms with Crippen LogP contribution >= 0.6 is 0 Å². The predicted molar refractivity (Wildman–Crippen MR) is 119 cm³/mol. The first-order chi connectivity index (χ1) is 15.2. The number of carbonyl (C=O) groups is 1. The van der Waals surface area contributed by atoms with Gasteiger partial charge in [0.1, 0.15) is 25.2 Å². The summed E-state index contributed by atoms with van der Waals surface area (Å²) in [6.45, 7) is 1.94. The number of fused-ring (bicyclic) bond motifs is 1. The fourth-order valence-corrected chi connectivity index (χ4v) is 3.19. The van der Waals surface area contributed by atoms with Gasteiger partial charge in [-0.25, -0.2) is 9.97 Å². The number of benzene rings is 2. The molecule has 4 aromatic rings. The Hall–Kier alpha value is -4.15. The number of hydrogen-bond donors (Lipinski definition) is 2. The van der Waals surface area contributed by atoms with Crippen molar-refractivity contribution in [3.63, 3.8) is 0 Å². The number of carbonyl (C=O) groups excluding carboxylic acids is 1. The number of nitrogens with one attached hydrogen (secondary N) is 1. The molecule has 2 heterocycles. The van der Waals surface area contributed by atoms with Crippen molar-refractivity contribution in [3.05, 3.63) is 72.2 Å². The fraction of sp³-hybridized carbons (Fsp3) is 0.125. The number of hydrogen-bond acceptors (Lipinski definition) is 6. The van der Waals surface area contributed by atoms with E-state index in [-0.39, 0.29) is 13.2 Å². The zero-order valence-corrected chi connectivity index (χ0v) is 16.9. The number of rotatable bonds is 6. The van der Waals surface area contributed by atoms with Gasteiger partial charge in [-0.05, 0) is 55.0 Å². The van der Waals surface area contributed by atoms with Crippen molar-refractivity contribution in [2.75, 3.05) is 18.5 Å². The van der Waals surface area contributed by atoms with Gasteiger partial charge in [0.2, 0.25) is 0 Å². The highest BCUT2D eigenvalue weighted by Crippen LogP contribution is 2.27. The molecule has 0 aliphatic heterocycles. The first kappa shape index (κ1) is 20.1. The average molecular weight is 412 g/mol. The highest BCUT2D eigenvalue weighted by atomic mass is 16.5. The molecule has 0 radical (unpaired) electrons. The number of anilines is 2. The van der Waals surface area contributed by atoms with Crippen molar-refractivity contribution < 1.29 is 14.6 Å². The molecule has 7 nitrogen and oxygen atoms in total. The summed E-state index contributed by atoms with van der Waals surface area (Å²) >= 11 is 0. The molecule has 2 N–H and O–H groups in total. The van der Waals surface area contributed by atoms with Gasteiger partial charge in [-0.2, -0.15) is 0 Å². The van der Waals surface area contributed by atoms with E-state index in [9.17, 15) is 4.79 Å². The van der Waals surface area contributed by atoms with Gasteiger partial charge in [0, 0.05) is 29.2 Å². The van der Waals surface area contributed by atoms with Gasteiger partial charge in [-0.1, -0.05) is 11.8 Å². The monoisotopic (exact) mass is 412 g/mol. The lowest BCUT2D eigenvalue weighted by Crippen LogP contribution is -1.99. The first-order valence-electron chi connectivity index (χ1n) is 9.64. The van der Waals surface area contributed by atoms with Crippen LogP contribution in [0.5, 0.6) is 5.75 Å². The Balaban J connectivity index is 1.58.